The molecule has 0 atom stereocenters. The van der Waals surface area contributed by atoms with Crippen LogP contribution in [0.1, 0.15) is 6.92 Å². The maximum absolute atomic E-state index is 11.4. The number of hydrogen-bond donors (Lipinski definition) is 1. The Morgan fingerprint density at radius 2 is 1.96 bits per heavy atom. The second kappa shape index (κ2) is 7.15. The van der Waals surface area contributed by atoms with Gasteiger partial charge >= 0.3 is 0 Å². The molecule has 1 amide bonds. The zero-order valence-electron chi connectivity index (χ0n) is 15.7. The van der Waals surface area contributed by atoms with Crippen LogP contribution in [0.5, 0.6) is 23.0 Å². The normalized spacial score (nSPS) is 12.0. The van der Waals surface area contributed by atoms with Crippen molar-refractivity contribution < 1.29 is 23.7 Å². The molecule has 0 aliphatic carbocycles. The van der Waals surface area contributed by atoms with Crippen LogP contribution in [0.25, 0.3) is 17.1 Å². The summed E-state index contributed by atoms with van der Waals surface area (Å²) in [5.74, 6) is 2.90. The summed E-state index contributed by atoms with van der Waals surface area (Å²) in [5.41, 5.74) is 2.18. The molecule has 3 aromatic rings. The van der Waals surface area contributed by atoms with Crippen LogP contribution in [0.3, 0.4) is 0 Å². The molecule has 4 rings (SSSR count). The van der Waals surface area contributed by atoms with Crippen molar-refractivity contribution in [2.75, 3.05) is 26.3 Å². The lowest BCUT2D eigenvalue weighted by Crippen LogP contribution is -2.07. The molecule has 1 aromatic heterocycles. The largest absolute Gasteiger partial charge is 0.495 e. The molecule has 0 unspecified atom stereocenters. The molecule has 8 nitrogen and oxygen atoms in total. The number of nitrogens with zero attached hydrogens (tertiary/aromatic N) is 2. The zero-order chi connectivity index (χ0) is 19.7. The first-order valence-corrected chi connectivity index (χ1v) is 8.58. The van der Waals surface area contributed by atoms with E-state index in [9.17, 15) is 4.79 Å². The van der Waals surface area contributed by atoms with E-state index in [-0.39, 0.29) is 12.7 Å². The Bertz CT molecular complexity index is 1040. The first kappa shape index (κ1) is 17.7. The van der Waals surface area contributed by atoms with Gasteiger partial charge in [0, 0.05) is 30.6 Å². The second-order valence-electron chi connectivity index (χ2n) is 6.10. The summed E-state index contributed by atoms with van der Waals surface area (Å²) < 4.78 is 23.8. The Morgan fingerprint density at radius 1 is 1.14 bits per heavy atom. The Kier molecular flexibility index (Phi) is 4.52. The van der Waals surface area contributed by atoms with Crippen molar-refractivity contribution in [1.82, 2.24) is 9.55 Å². The molecule has 0 saturated carbocycles. The summed E-state index contributed by atoms with van der Waals surface area (Å²) in [6.07, 6.45) is 3.51. The van der Waals surface area contributed by atoms with Crippen molar-refractivity contribution in [3.05, 3.63) is 42.7 Å². The molecular formula is C20H19N3O5. The van der Waals surface area contributed by atoms with Crippen molar-refractivity contribution in [3.63, 3.8) is 0 Å². The minimum Gasteiger partial charge on any atom is -0.495 e. The topological polar surface area (TPSA) is 83.8 Å². The minimum atomic E-state index is -0.150. The SMILES string of the molecule is COc1ccc(NC(C)=O)cc1-n1ccnc1-c1cc(OC)c2c(c1)OCO2. The molecule has 0 bridgehead atoms. The summed E-state index contributed by atoms with van der Waals surface area (Å²) in [7, 11) is 3.17. The van der Waals surface area contributed by atoms with E-state index >= 15 is 0 Å². The van der Waals surface area contributed by atoms with E-state index in [2.05, 4.69) is 10.3 Å². The van der Waals surface area contributed by atoms with E-state index in [0.717, 1.165) is 11.3 Å². The number of carbonyl (C=O) groups excluding carboxylic acids is 1. The highest BCUT2D eigenvalue weighted by Gasteiger charge is 2.22. The summed E-state index contributed by atoms with van der Waals surface area (Å²) in [5, 5.41) is 2.79. The molecule has 1 aliphatic heterocycles. The lowest BCUT2D eigenvalue weighted by molar-refractivity contribution is -0.114. The summed E-state index contributed by atoms with van der Waals surface area (Å²) in [4.78, 5) is 15.9. The molecule has 0 radical (unpaired) electrons. The van der Waals surface area contributed by atoms with Gasteiger partial charge in [0.25, 0.3) is 0 Å². The van der Waals surface area contributed by atoms with Crippen molar-refractivity contribution >= 4 is 11.6 Å². The summed E-state index contributed by atoms with van der Waals surface area (Å²) in [6, 6.07) is 9.11. The van der Waals surface area contributed by atoms with Crippen molar-refractivity contribution in [3.8, 4) is 40.1 Å². The molecule has 2 heterocycles. The molecule has 1 aliphatic rings. The van der Waals surface area contributed by atoms with Crippen LogP contribution in [0, 0.1) is 0 Å². The van der Waals surface area contributed by atoms with Crippen molar-refractivity contribution in [1.29, 1.82) is 0 Å². The lowest BCUT2D eigenvalue weighted by atomic mass is 10.1. The molecule has 0 spiro atoms. The highest BCUT2D eigenvalue weighted by Crippen LogP contribution is 2.44. The molecule has 1 N–H and O–H groups in total. The van der Waals surface area contributed by atoms with E-state index < -0.39 is 0 Å². The first-order chi connectivity index (χ1) is 13.6. The van der Waals surface area contributed by atoms with Gasteiger partial charge < -0.3 is 24.3 Å². The third-order valence-corrected chi connectivity index (χ3v) is 4.32. The van der Waals surface area contributed by atoms with Crippen molar-refractivity contribution in [2.45, 2.75) is 6.92 Å². The number of nitrogens with one attached hydrogen (secondary N) is 1. The van der Waals surface area contributed by atoms with E-state index in [1.165, 1.54) is 6.92 Å². The average Bonchev–Trinajstić information content (AvgIpc) is 3.35. The van der Waals surface area contributed by atoms with Crippen molar-refractivity contribution in [2.24, 2.45) is 0 Å². The van der Waals surface area contributed by atoms with E-state index in [0.29, 0.717) is 34.5 Å². The van der Waals surface area contributed by atoms with Gasteiger partial charge in [-0.3, -0.25) is 9.36 Å². The van der Waals surface area contributed by atoms with Crippen LogP contribution in [-0.2, 0) is 4.79 Å². The number of ether oxygens (including phenoxy) is 4. The van der Waals surface area contributed by atoms with Gasteiger partial charge in [-0.1, -0.05) is 0 Å². The smallest absolute Gasteiger partial charge is 0.231 e. The van der Waals surface area contributed by atoms with Gasteiger partial charge in [0.15, 0.2) is 11.5 Å². The van der Waals surface area contributed by atoms with Gasteiger partial charge in [0.1, 0.15) is 11.6 Å². The number of fused-ring (bicyclic) bond motifs is 1. The number of methoxy groups -OCH3 is 2. The predicted octanol–water partition coefficient (Wildman–Crippen LogP) is 3.24. The molecule has 28 heavy (non-hydrogen) atoms. The van der Waals surface area contributed by atoms with Gasteiger partial charge in [-0.15, -0.1) is 0 Å². The van der Waals surface area contributed by atoms with Crippen LogP contribution in [-0.4, -0.2) is 36.5 Å². The Hall–Kier alpha value is -3.68. The number of anilines is 1. The third kappa shape index (κ3) is 3.09. The Labute approximate surface area is 161 Å². The van der Waals surface area contributed by atoms with Gasteiger partial charge in [0.05, 0.1) is 19.9 Å². The van der Waals surface area contributed by atoms with Gasteiger partial charge in [-0.25, -0.2) is 4.98 Å². The van der Waals surface area contributed by atoms with Gasteiger partial charge in [0.2, 0.25) is 18.4 Å². The Balaban J connectivity index is 1.84. The quantitative estimate of drug-likeness (QED) is 0.730. The molecular weight excluding hydrogens is 362 g/mol. The first-order valence-electron chi connectivity index (χ1n) is 8.58. The fourth-order valence-electron chi connectivity index (χ4n) is 3.13. The number of hydrogen-bond acceptors (Lipinski definition) is 6. The second-order valence-corrected chi connectivity index (χ2v) is 6.10. The third-order valence-electron chi connectivity index (χ3n) is 4.32. The van der Waals surface area contributed by atoms with E-state index in [1.807, 2.05) is 29.0 Å². The number of amides is 1. The van der Waals surface area contributed by atoms with Crippen LogP contribution in [0.4, 0.5) is 5.69 Å². The monoisotopic (exact) mass is 381 g/mol. The van der Waals surface area contributed by atoms with Gasteiger partial charge in [-0.2, -0.15) is 0 Å². The zero-order valence-corrected chi connectivity index (χ0v) is 15.7. The Morgan fingerprint density at radius 3 is 2.71 bits per heavy atom. The number of aromatic nitrogens is 2. The molecule has 8 heteroatoms. The fourth-order valence-corrected chi connectivity index (χ4v) is 3.13. The number of benzene rings is 2. The maximum atomic E-state index is 11.4. The number of carbonyl (C=O) groups is 1. The summed E-state index contributed by atoms with van der Waals surface area (Å²) in [6.45, 7) is 1.61. The van der Waals surface area contributed by atoms with Crippen LogP contribution >= 0.6 is 0 Å². The minimum absolute atomic E-state index is 0.149. The highest BCUT2D eigenvalue weighted by atomic mass is 16.7. The number of rotatable bonds is 5. The van der Waals surface area contributed by atoms with Crippen LogP contribution in [0.2, 0.25) is 0 Å². The fraction of sp³-hybridized carbons (Fsp3) is 0.200. The van der Waals surface area contributed by atoms with Gasteiger partial charge in [-0.05, 0) is 30.3 Å². The molecule has 2 aromatic carbocycles. The summed E-state index contributed by atoms with van der Waals surface area (Å²) >= 11 is 0. The maximum Gasteiger partial charge on any atom is 0.231 e. The molecule has 0 saturated heterocycles. The van der Waals surface area contributed by atoms with Crippen LogP contribution < -0.4 is 24.3 Å². The van der Waals surface area contributed by atoms with Crippen LogP contribution in [0.15, 0.2) is 42.7 Å². The lowest BCUT2D eigenvalue weighted by Gasteiger charge is -2.15. The highest BCUT2D eigenvalue weighted by molar-refractivity contribution is 5.89. The standard InChI is InChI=1S/C20H19N3O5/c1-12(24)22-14-4-5-16(25-2)15(10-14)23-7-6-21-20(23)13-8-17(26-3)19-18(9-13)27-11-28-19/h4-10H,11H2,1-3H3,(H,22,24). The number of imidazole rings is 1. The van der Waals surface area contributed by atoms with E-state index in [4.69, 9.17) is 18.9 Å². The predicted molar refractivity (Wildman–Crippen MR) is 103 cm³/mol. The molecule has 144 valence electrons. The molecule has 0 fully saturated rings. The average molecular weight is 381 g/mol. The van der Waals surface area contributed by atoms with E-state index in [1.54, 1.807) is 32.5 Å².